The van der Waals surface area contributed by atoms with Crippen LogP contribution in [0.1, 0.15) is 0 Å². The standard InChI is InChI=1S/C7H8N2O3S2/c8-7(13)9(14(10,11)12)6-4-2-1-3-5-6/h1-5H,(H2,8,13)(H,10,11,12). The Hall–Kier alpha value is -1.18. The van der Waals surface area contributed by atoms with E-state index in [2.05, 4.69) is 12.2 Å². The lowest BCUT2D eigenvalue weighted by Crippen LogP contribution is -2.40. The Balaban J connectivity index is 3.22. The van der Waals surface area contributed by atoms with Gasteiger partial charge in [-0.05, 0) is 24.4 Å². The third-order valence-corrected chi connectivity index (χ3v) is 2.59. The summed E-state index contributed by atoms with van der Waals surface area (Å²) >= 11 is 4.51. The van der Waals surface area contributed by atoms with Crippen molar-refractivity contribution in [2.75, 3.05) is 4.31 Å². The van der Waals surface area contributed by atoms with Crippen LogP contribution >= 0.6 is 12.2 Å². The topological polar surface area (TPSA) is 83.6 Å². The number of nitrogens with zero attached hydrogens (tertiary/aromatic N) is 1. The van der Waals surface area contributed by atoms with Crippen molar-refractivity contribution in [2.24, 2.45) is 5.73 Å². The van der Waals surface area contributed by atoms with Crippen LogP contribution in [0.4, 0.5) is 5.69 Å². The van der Waals surface area contributed by atoms with Crippen molar-refractivity contribution in [2.45, 2.75) is 0 Å². The lowest BCUT2D eigenvalue weighted by molar-refractivity contribution is 0.484. The fourth-order valence-corrected chi connectivity index (χ4v) is 1.94. The Morgan fingerprint density at radius 3 is 2.21 bits per heavy atom. The molecule has 0 saturated heterocycles. The molecule has 7 heteroatoms. The SMILES string of the molecule is NC(=S)N(c1ccccc1)S(=O)(=O)O. The first-order valence-corrected chi connectivity index (χ1v) is 5.35. The van der Waals surface area contributed by atoms with Gasteiger partial charge in [-0.2, -0.15) is 12.7 Å². The summed E-state index contributed by atoms with van der Waals surface area (Å²) in [5, 5.41) is -0.432. The second kappa shape index (κ2) is 3.91. The van der Waals surface area contributed by atoms with E-state index in [1.165, 1.54) is 12.1 Å². The molecule has 0 spiro atoms. The lowest BCUT2D eigenvalue weighted by atomic mass is 10.3. The molecular formula is C7H8N2O3S2. The first kappa shape index (κ1) is 10.9. The maximum Gasteiger partial charge on any atom is 0.366 e. The van der Waals surface area contributed by atoms with Crippen molar-refractivity contribution in [1.29, 1.82) is 0 Å². The number of para-hydroxylation sites is 1. The highest BCUT2D eigenvalue weighted by Gasteiger charge is 2.21. The smallest absolute Gasteiger partial charge is 0.366 e. The van der Waals surface area contributed by atoms with Gasteiger partial charge >= 0.3 is 10.3 Å². The van der Waals surface area contributed by atoms with Crippen LogP contribution in [0.3, 0.4) is 0 Å². The third kappa shape index (κ3) is 2.41. The molecule has 5 nitrogen and oxygen atoms in total. The molecule has 0 amide bonds. The van der Waals surface area contributed by atoms with Crippen molar-refractivity contribution in [3.05, 3.63) is 30.3 Å². The molecule has 0 radical (unpaired) electrons. The number of benzene rings is 1. The van der Waals surface area contributed by atoms with Gasteiger partial charge in [0.05, 0.1) is 5.69 Å². The second-order valence-electron chi connectivity index (χ2n) is 2.42. The van der Waals surface area contributed by atoms with E-state index in [0.29, 0.717) is 4.31 Å². The van der Waals surface area contributed by atoms with Crippen molar-refractivity contribution in [3.63, 3.8) is 0 Å². The predicted octanol–water partition coefficient (Wildman–Crippen LogP) is 0.539. The summed E-state index contributed by atoms with van der Waals surface area (Å²) in [5.74, 6) is 0. The maximum absolute atomic E-state index is 10.9. The van der Waals surface area contributed by atoms with Gasteiger partial charge in [0.2, 0.25) is 0 Å². The number of rotatable bonds is 2. The van der Waals surface area contributed by atoms with Crippen molar-refractivity contribution < 1.29 is 13.0 Å². The zero-order valence-electron chi connectivity index (χ0n) is 6.99. The fourth-order valence-electron chi connectivity index (χ4n) is 0.938. The van der Waals surface area contributed by atoms with Gasteiger partial charge in [-0.1, -0.05) is 18.2 Å². The average Bonchev–Trinajstić information content (AvgIpc) is 2.02. The molecule has 0 aliphatic rings. The first-order valence-electron chi connectivity index (χ1n) is 3.55. The molecule has 1 aromatic rings. The summed E-state index contributed by atoms with van der Waals surface area (Å²) in [6.07, 6.45) is 0. The molecule has 1 rings (SSSR count). The summed E-state index contributed by atoms with van der Waals surface area (Å²) in [6.45, 7) is 0. The number of nitrogens with two attached hydrogens (primary N) is 1. The number of anilines is 1. The van der Waals surface area contributed by atoms with E-state index >= 15 is 0 Å². The molecule has 0 fully saturated rings. The Kier molecular flexibility index (Phi) is 3.04. The minimum absolute atomic E-state index is 0.197. The van der Waals surface area contributed by atoms with Crippen LogP contribution in [0, 0.1) is 0 Å². The van der Waals surface area contributed by atoms with Gasteiger partial charge in [0.15, 0.2) is 5.11 Å². The highest BCUT2D eigenvalue weighted by atomic mass is 32.2. The minimum atomic E-state index is -4.45. The lowest BCUT2D eigenvalue weighted by Gasteiger charge is -2.17. The number of thiocarbonyl (C=S) groups is 1. The Labute approximate surface area is 87.0 Å². The molecular weight excluding hydrogens is 224 g/mol. The van der Waals surface area contributed by atoms with Gasteiger partial charge in [0.25, 0.3) is 0 Å². The summed E-state index contributed by atoms with van der Waals surface area (Å²) in [4.78, 5) is 0. The van der Waals surface area contributed by atoms with Gasteiger partial charge in [-0.3, -0.25) is 4.55 Å². The summed E-state index contributed by atoms with van der Waals surface area (Å²) < 4.78 is 31.1. The molecule has 3 N–H and O–H groups in total. The summed E-state index contributed by atoms with van der Waals surface area (Å²) in [6, 6.07) is 7.84. The largest absolute Gasteiger partial charge is 0.375 e. The van der Waals surface area contributed by atoms with Crippen LogP contribution < -0.4 is 10.0 Å². The van der Waals surface area contributed by atoms with Gasteiger partial charge in [0.1, 0.15) is 0 Å². The van der Waals surface area contributed by atoms with Crippen molar-refractivity contribution in [1.82, 2.24) is 0 Å². The molecule has 0 heterocycles. The fraction of sp³-hybridized carbons (Fsp3) is 0. The highest BCUT2D eigenvalue weighted by Crippen LogP contribution is 2.15. The van der Waals surface area contributed by atoms with Gasteiger partial charge in [0, 0.05) is 0 Å². The molecule has 0 aliphatic carbocycles. The van der Waals surface area contributed by atoms with E-state index in [4.69, 9.17) is 10.3 Å². The van der Waals surface area contributed by atoms with E-state index in [0.717, 1.165) is 0 Å². The number of hydrogen-bond donors (Lipinski definition) is 2. The van der Waals surface area contributed by atoms with Crippen LogP contribution in [0.2, 0.25) is 0 Å². The molecule has 1 aromatic carbocycles. The van der Waals surface area contributed by atoms with Crippen LogP contribution in [-0.4, -0.2) is 18.1 Å². The van der Waals surface area contributed by atoms with Crippen molar-refractivity contribution >= 4 is 33.3 Å². The van der Waals surface area contributed by atoms with E-state index < -0.39 is 15.4 Å². The van der Waals surface area contributed by atoms with Crippen LogP contribution in [-0.2, 0) is 10.3 Å². The van der Waals surface area contributed by atoms with Gasteiger partial charge in [-0.25, -0.2) is 0 Å². The molecule has 76 valence electrons. The molecule has 0 saturated carbocycles. The number of hydrogen-bond acceptors (Lipinski definition) is 3. The predicted molar refractivity (Wildman–Crippen MR) is 57.3 cm³/mol. The monoisotopic (exact) mass is 232 g/mol. The van der Waals surface area contributed by atoms with E-state index in [-0.39, 0.29) is 5.69 Å². The molecule has 0 bridgehead atoms. The molecule has 0 aromatic heterocycles. The zero-order chi connectivity index (χ0) is 10.8. The van der Waals surface area contributed by atoms with Crippen LogP contribution in [0.25, 0.3) is 0 Å². The van der Waals surface area contributed by atoms with E-state index in [1.54, 1.807) is 18.2 Å². The van der Waals surface area contributed by atoms with E-state index in [9.17, 15) is 8.42 Å². The highest BCUT2D eigenvalue weighted by molar-refractivity contribution is 7.90. The zero-order valence-corrected chi connectivity index (χ0v) is 8.62. The first-order chi connectivity index (χ1) is 6.43. The van der Waals surface area contributed by atoms with Crippen LogP contribution in [0.15, 0.2) is 30.3 Å². The second-order valence-corrected chi connectivity index (χ2v) is 4.10. The van der Waals surface area contributed by atoms with E-state index in [1.807, 2.05) is 0 Å². The minimum Gasteiger partial charge on any atom is -0.375 e. The van der Waals surface area contributed by atoms with Crippen molar-refractivity contribution in [3.8, 4) is 0 Å². The molecule has 0 unspecified atom stereocenters. The average molecular weight is 232 g/mol. The van der Waals surface area contributed by atoms with Crippen LogP contribution in [0.5, 0.6) is 0 Å². The molecule has 0 atom stereocenters. The maximum atomic E-state index is 10.9. The third-order valence-electron chi connectivity index (χ3n) is 1.42. The Bertz CT molecular complexity index is 430. The Morgan fingerprint density at radius 1 is 1.36 bits per heavy atom. The summed E-state index contributed by atoms with van der Waals surface area (Å²) in [7, 11) is -4.45. The molecule has 14 heavy (non-hydrogen) atoms. The Morgan fingerprint density at radius 2 is 1.86 bits per heavy atom. The normalized spacial score (nSPS) is 10.9. The molecule has 0 aliphatic heterocycles. The van der Waals surface area contributed by atoms with Gasteiger partial charge < -0.3 is 5.73 Å². The van der Waals surface area contributed by atoms with Gasteiger partial charge in [-0.15, -0.1) is 0 Å². The summed E-state index contributed by atoms with van der Waals surface area (Å²) in [5.41, 5.74) is 5.37. The quantitative estimate of drug-likeness (QED) is 0.574.